The number of benzene rings is 2. The van der Waals surface area contributed by atoms with Gasteiger partial charge in [-0.2, -0.15) is 0 Å². The number of aromatic nitrogens is 2. The van der Waals surface area contributed by atoms with Crippen LogP contribution in [0.2, 0.25) is 0 Å². The van der Waals surface area contributed by atoms with Crippen LogP contribution in [0.3, 0.4) is 0 Å². The summed E-state index contributed by atoms with van der Waals surface area (Å²) in [7, 11) is 1.74. The Labute approximate surface area is 163 Å². The highest BCUT2D eigenvalue weighted by Gasteiger charge is 2.18. The maximum Gasteiger partial charge on any atom is 0.197 e. The van der Waals surface area contributed by atoms with E-state index >= 15 is 0 Å². The number of nitrogens with one attached hydrogen (secondary N) is 1. The molecule has 4 nitrogen and oxygen atoms in total. The minimum Gasteiger partial charge on any atom is -0.385 e. The minimum absolute atomic E-state index is 0.748. The highest BCUT2D eigenvalue weighted by molar-refractivity contribution is 7.23. The van der Waals surface area contributed by atoms with Crippen LogP contribution < -0.4 is 5.32 Å². The molecule has 27 heavy (non-hydrogen) atoms. The smallest absolute Gasteiger partial charge is 0.197 e. The predicted octanol–water partition coefficient (Wildman–Crippen LogP) is 5.59. The van der Waals surface area contributed by atoms with Gasteiger partial charge >= 0.3 is 0 Å². The van der Waals surface area contributed by atoms with E-state index in [1.54, 1.807) is 18.4 Å². The summed E-state index contributed by atoms with van der Waals surface area (Å²) in [6.45, 7) is 8.03. The van der Waals surface area contributed by atoms with Gasteiger partial charge in [-0.1, -0.05) is 29.5 Å². The van der Waals surface area contributed by atoms with Gasteiger partial charge in [0, 0.05) is 25.8 Å². The normalized spacial score (nSPS) is 11.6. The summed E-state index contributed by atoms with van der Waals surface area (Å²) in [4.78, 5) is 6.03. The van der Waals surface area contributed by atoms with Crippen LogP contribution in [0.4, 0.5) is 5.82 Å². The van der Waals surface area contributed by atoms with Gasteiger partial charge in [-0.15, -0.1) is 0 Å². The first-order valence-electron chi connectivity index (χ1n) is 9.30. The van der Waals surface area contributed by atoms with Crippen LogP contribution in [0.5, 0.6) is 0 Å². The Bertz CT molecular complexity index is 1110. The van der Waals surface area contributed by atoms with Crippen molar-refractivity contribution in [2.24, 2.45) is 0 Å². The number of aryl methyl sites for hydroxylation is 3. The molecule has 0 aliphatic rings. The van der Waals surface area contributed by atoms with Gasteiger partial charge in [-0.3, -0.25) is 4.40 Å². The molecule has 0 fully saturated rings. The molecule has 0 amide bonds. The van der Waals surface area contributed by atoms with E-state index in [1.165, 1.54) is 26.9 Å². The maximum atomic E-state index is 5.20. The minimum atomic E-state index is 0.748. The lowest BCUT2D eigenvalue weighted by molar-refractivity contribution is 0.198. The van der Waals surface area contributed by atoms with E-state index in [2.05, 4.69) is 66.9 Å². The Morgan fingerprint density at radius 2 is 1.93 bits per heavy atom. The molecular weight excluding hydrogens is 354 g/mol. The van der Waals surface area contributed by atoms with Gasteiger partial charge in [0.05, 0.1) is 10.2 Å². The van der Waals surface area contributed by atoms with Crippen molar-refractivity contribution in [3.8, 4) is 11.3 Å². The highest BCUT2D eigenvalue weighted by Crippen LogP contribution is 2.36. The van der Waals surface area contributed by atoms with Crippen molar-refractivity contribution >= 4 is 32.3 Å². The van der Waals surface area contributed by atoms with Crippen molar-refractivity contribution in [2.75, 3.05) is 25.6 Å². The fraction of sp³-hybridized carbons (Fsp3) is 0.318. The quantitative estimate of drug-likeness (QED) is 0.444. The Balaban J connectivity index is 1.87. The number of methoxy groups -OCH3 is 1. The molecule has 4 rings (SSSR count). The van der Waals surface area contributed by atoms with E-state index in [1.807, 2.05) is 0 Å². The third kappa shape index (κ3) is 3.33. The SMILES string of the molecule is COCCCNc1c(-c2ccc(C)c(C)c2)nc2sc3cc(C)ccc3n12. The average molecular weight is 380 g/mol. The molecule has 2 aromatic heterocycles. The second-order valence-electron chi connectivity index (χ2n) is 7.07. The molecule has 0 saturated carbocycles. The van der Waals surface area contributed by atoms with Gasteiger partial charge in [0.2, 0.25) is 0 Å². The number of anilines is 1. The van der Waals surface area contributed by atoms with Crippen molar-refractivity contribution in [1.29, 1.82) is 0 Å². The molecule has 0 bridgehead atoms. The standard InChI is InChI=1S/C22H25N3OS/c1-14-6-9-18-19(12-14)27-22-24-20(17-8-7-15(2)16(3)13-17)21(25(18)22)23-10-5-11-26-4/h6-9,12-13,23H,5,10-11H2,1-4H3. The summed E-state index contributed by atoms with van der Waals surface area (Å²) < 4.78 is 8.73. The largest absolute Gasteiger partial charge is 0.385 e. The van der Waals surface area contributed by atoms with Crippen molar-refractivity contribution < 1.29 is 4.74 Å². The van der Waals surface area contributed by atoms with Crippen LogP contribution >= 0.6 is 11.3 Å². The second kappa shape index (κ2) is 7.33. The van der Waals surface area contributed by atoms with Crippen LogP contribution in [0, 0.1) is 20.8 Å². The van der Waals surface area contributed by atoms with Crippen LogP contribution in [0.15, 0.2) is 36.4 Å². The van der Waals surface area contributed by atoms with Gasteiger partial charge in [0.15, 0.2) is 4.96 Å². The topological polar surface area (TPSA) is 38.6 Å². The van der Waals surface area contributed by atoms with Crippen LogP contribution in [-0.2, 0) is 4.74 Å². The number of nitrogens with zero attached hydrogens (tertiary/aromatic N) is 2. The number of ether oxygens (including phenoxy) is 1. The molecule has 0 saturated heterocycles. The van der Waals surface area contributed by atoms with Crippen molar-refractivity contribution in [3.63, 3.8) is 0 Å². The van der Waals surface area contributed by atoms with Gasteiger partial charge in [-0.05, 0) is 62.1 Å². The number of rotatable bonds is 6. The molecule has 0 aliphatic heterocycles. The number of thiazole rings is 1. The van der Waals surface area contributed by atoms with E-state index in [4.69, 9.17) is 9.72 Å². The molecule has 140 valence electrons. The number of imidazole rings is 1. The van der Waals surface area contributed by atoms with Gasteiger partial charge < -0.3 is 10.1 Å². The lowest BCUT2D eigenvalue weighted by Crippen LogP contribution is -2.07. The first kappa shape index (κ1) is 18.0. The van der Waals surface area contributed by atoms with Crippen LogP contribution in [-0.4, -0.2) is 29.6 Å². The number of fused-ring (bicyclic) bond motifs is 3. The van der Waals surface area contributed by atoms with Crippen LogP contribution in [0.1, 0.15) is 23.1 Å². The van der Waals surface area contributed by atoms with Crippen LogP contribution in [0.25, 0.3) is 26.4 Å². The lowest BCUT2D eigenvalue weighted by atomic mass is 10.0. The lowest BCUT2D eigenvalue weighted by Gasteiger charge is -2.10. The van der Waals surface area contributed by atoms with E-state index < -0.39 is 0 Å². The summed E-state index contributed by atoms with van der Waals surface area (Å²) in [5, 5.41) is 3.62. The first-order valence-corrected chi connectivity index (χ1v) is 10.1. The summed E-state index contributed by atoms with van der Waals surface area (Å²) in [6, 6.07) is 13.2. The third-order valence-corrected chi connectivity index (χ3v) is 6.01. The molecule has 0 unspecified atom stereocenters. The predicted molar refractivity (Wildman–Crippen MR) is 115 cm³/mol. The molecular formula is C22H25N3OS. The molecule has 4 aromatic rings. The van der Waals surface area contributed by atoms with Gasteiger partial charge in [0.25, 0.3) is 0 Å². The van der Waals surface area contributed by atoms with Gasteiger partial charge in [0.1, 0.15) is 11.5 Å². The molecule has 2 aromatic carbocycles. The van der Waals surface area contributed by atoms with Crippen molar-refractivity contribution in [3.05, 3.63) is 53.1 Å². The fourth-order valence-electron chi connectivity index (χ4n) is 3.35. The Morgan fingerprint density at radius 1 is 1.07 bits per heavy atom. The van der Waals surface area contributed by atoms with E-state index in [-0.39, 0.29) is 0 Å². The van der Waals surface area contributed by atoms with E-state index in [0.717, 1.165) is 41.6 Å². The summed E-state index contributed by atoms with van der Waals surface area (Å²) in [5.74, 6) is 1.07. The Kier molecular flexibility index (Phi) is 4.89. The molecule has 0 spiro atoms. The van der Waals surface area contributed by atoms with Crippen molar-refractivity contribution in [2.45, 2.75) is 27.2 Å². The molecule has 2 heterocycles. The van der Waals surface area contributed by atoms with Gasteiger partial charge in [-0.25, -0.2) is 4.98 Å². The van der Waals surface area contributed by atoms with E-state index in [0.29, 0.717) is 0 Å². The second-order valence-corrected chi connectivity index (χ2v) is 8.08. The molecule has 0 radical (unpaired) electrons. The third-order valence-electron chi connectivity index (χ3n) is 5.00. The summed E-state index contributed by atoms with van der Waals surface area (Å²) in [5.41, 5.74) is 7.24. The maximum absolute atomic E-state index is 5.20. The average Bonchev–Trinajstić information content (AvgIpc) is 3.16. The Morgan fingerprint density at radius 3 is 2.70 bits per heavy atom. The van der Waals surface area contributed by atoms with Crippen molar-refractivity contribution in [1.82, 2.24) is 9.38 Å². The molecule has 0 atom stereocenters. The zero-order chi connectivity index (χ0) is 19.0. The zero-order valence-electron chi connectivity index (χ0n) is 16.3. The Hall–Kier alpha value is -2.37. The highest BCUT2D eigenvalue weighted by atomic mass is 32.1. The summed E-state index contributed by atoms with van der Waals surface area (Å²) >= 11 is 1.74. The monoisotopic (exact) mass is 379 g/mol. The molecule has 1 N–H and O–H groups in total. The zero-order valence-corrected chi connectivity index (χ0v) is 17.1. The number of hydrogen-bond donors (Lipinski definition) is 1. The summed E-state index contributed by atoms with van der Waals surface area (Å²) in [6.07, 6.45) is 0.956. The first-order chi connectivity index (χ1) is 13.1. The fourth-order valence-corrected chi connectivity index (χ4v) is 4.48. The molecule has 5 heteroatoms. The van der Waals surface area contributed by atoms with E-state index in [9.17, 15) is 0 Å². The molecule has 0 aliphatic carbocycles. The number of hydrogen-bond acceptors (Lipinski definition) is 4.